The van der Waals surface area contributed by atoms with Crippen molar-refractivity contribution < 1.29 is 80.2 Å². The Labute approximate surface area is 530 Å². The second-order valence-electron chi connectivity index (χ2n) is 25.5. The third-order valence-corrected chi connectivity index (χ3v) is 17.6. The molecule has 0 aliphatic rings. The third-order valence-electron chi connectivity index (χ3n) is 15.7. The minimum Gasteiger partial charge on any atom is -0.462 e. The van der Waals surface area contributed by atoms with Crippen LogP contribution in [0.15, 0.2) is 0 Å². The van der Waals surface area contributed by atoms with Crippen LogP contribution in [0.25, 0.3) is 0 Å². The average molecular weight is 1280 g/mol. The maximum atomic E-state index is 13.0. The number of carbonyl (C=O) groups excluding carboxylic acids is 4. The van der Waals surface area contributed by atoms with Crippen LogP contribution in [-0.2, 0) is 65.4 Å². The zero-order valence-electron chi connectivity index (χ0n) is 56.3. The number of carbonyl (C=O) groups is 4. The predicted octanol–water partition coefficient (Wildman–Crippen LogP) is 19.2. The zero-order chi connectivity index (χ0) is 64.3. The molecule has 516 valence electrons. The van der Waals surface area contributed by atoms with Crippen molar-refractivity contribution in [3.8, 4) is 0 Å². The van der Waals surface area contributed by atoms with Crippen LogP contribution in [0.2, 0.25) is 0 Å². The van der Waals surface area contributed by atoms with E-state index < -0.39 is 97.5 Å². The van der Waals surface area contributed by atoms with E-state index in [9.17, 15) is 43.2 Å². The van der Waals surface area contributed by atoms with Gasteiger partial charge < -0.3 is 33.8 Å². The molecule has 87 heavy (non-hydrogen) atoms. The molecule has 19 heteroatoms. The Kier molecular flexibility index (Phi) is 59.0. The Hall–Kier alpha value is -1.94. The fourth-order valence-corrected chi connectivity index (χ4v) is 11.8. The summed E-state index contributed by atoms with van der Waals surface area (Å²) in [6.45, 7) is 9.42. The van der Waals surface area contributed by atoms with Gasteiger partial charge in [-0.15, -0.1) is 0 Å². The molecule has 0 amide bonds. The van der Waals surface area contributed by atoms with E-state index in [1.165, 1.54) is 154 Å². The van der Waals surface area contributed by atoms with Crippen molar-refractivity contribution in [2.45, 2.75) is 362 Å². The second kappa shape index (κ2) is 60.3. The normalized spacial score (nSPS) is 14.2. The van der Waals surface area contributed by atoms with Gasteiger partial charge in [-0.2, -0.15) is 0 Å². The molecule has 0 saturated heterocycles. The fraction of sp³-hybridized carbons (Fsp3) is 0.941. The number of ether oxygens (including phenoxy) is 4. The summed E-state index contributed by atoms with van der Waals surface area (Å²) in [5.41, 5.74) is 0. The van der Waals surface area contributed by atoms with Crippen molar-refractivity contribution in [2.75, 3.05) is 39.6 Å². The Balaban J connectivity index is 5.17. The second-order valence-corrected chi connectivity index (χ2v) is 28.4. The van der Waals surface area contributed by atoms with Gasteiger partial charge in [-0.25, -0.2) is 9.13 Å². The molecular formula is C68H132O17P2. The number of hydrogen-bond acceptors (Lipinski definition) is 15. The molecule has 5 atom stereocenters. The molecule has 0 aliphatic heterocycles. The smallest absolute Gasteiger partial charge is 0.462 e. The molecule has 0 saturated carbocycles. The lowest BCUT2D eigenvalue weighted by Gasteiger charge is -2.21. The first-order chi connectivity index (χ1) is 41.9. The lowest BCUT2D eigenvalue weighted by Crippen LogP contribution is -2.30. The molecule has 0 spiro atoms. The summed E-state index contributed by atoms with van der Waals surface area (Å²) >= 11 is 0. The molecule has 0 radical (unpaired) electrons. The Bertz CT molecular complexity index is 1700. The molecule has 0 aromatic carbocycles. The highest BCUT2D eigenvalue weighted by atomic mass is 31.2. The van der Waals surface area contributed by atoms with Gasteiger partial charge in [0, 0.05) is 25.7 Å². The number of hydrogen-bond donors (Lipinski definition) is 3. The van der Waals surface area contributed by atoms with Gasteiger partial charge in [-0.05, 0) is 37.5 Å². The summed E-state index contributed by atoms with van der Waals surface area (Å²) in [7, 11) is -9.89. The van der Waals surface area contributed by atoms with Gasteiger partial charge in [0.1, 0.15) is 19.3 Å². The Morgan fingerprint density at radius 2 is 0.529 bits per heavy atom. The predicted molar refractivity (Wildman–Crippen MR) is 349 cm³/mol. The maximum Gasteiger partial charge on any atom is 0.472 e. The zero-order valence-corrected chi connectivity index (χ0v) is 58.1. The van der Waals surface area contributed by atoms with Crippen molar-refractivity contribution in [1.82, 2.24) is 0 Å². The molecule has 0 heterocycles. The van der Waals surface area contributed by atoms with Crippen LogP contribution >= 0.6 is 15.6 Å². The number of rotatable bonds is 67. The number of unbranched alkanes of at least 4 members (excludes halogenated alkanes) is 37. The van der Waals surface area contributed by atoms with Gasteiger partial charge in [0.25, 0.3) is 0 Å². The van der Waals surface area contributed by atoms with E-state index in [1.54, 1.807) is 0 Å². The van der Waals surface area contributed by atoms with Gasteiger partial charge in [0.05, 0.1) is 26.4 Å². The van der Waals surface area contributed by atoms with Crippen LogP contribution in [0, 0.1) is 11.8 Å². The molecule has 3 N–H and O–H groups in total. The third kappa shape index (κ3) is 62.6. The maximum absolute atomic E-state index is 13.0. The monoisotopic (exact) mass is 1280 g/mol. The minimum absolute atomic E-state index is 0.104. The van der Waals surface area contributed by atoms with E-state index in [4.69, 9.17) is 37.0 Å². The number of aliphatic hydroxyl groups is 1. The molecule has 0 rings (SSSR count). The van der Waals surface area contributed by atoms with Crippen LogP contribution in [0.5, 0.6) is 0 Å². The van der Waals surface area contributed by atoms with Crippen molar-refractivity contribution in [3.63, 3.8) is 0 Å². The molecule has 17 nitrogen and oxygen atoms in total. The largest absolute Gasteiger partial charge is 0.472 e. The quantitative estimate of drug-likeness (QED) is 0.0222. The summed E-state index contributed by atoms with van der Waals surface area (Å²) in [5, 5.41) is 10.5. The SMILES string of the molecule is CCCCCCCCCCCCCCCCCC(=O)OC[C@H](COP(=O)(O)OC[C@@H](O)COP(=O)(O)OC[C@@H](COC(=O)CCCCCCC)OC(=O)CCCCCCCCCCC(C)C)OC(=O)CCCCCCCCCCCCCCCC(C)C. The highest BCUT2D eigenvalue weighted by molar-refractivity contribution is 7.47. The first-order valence-electron chi connectivity index (χ1n) is 35.5. The molecule has 0 aromatic heterocycles. The Morgan fingerprint density at radius 3 is 0.782 bits per heavy atom. The van der Waals surface area contributed by atoms with E-state index in [-0.39, 0.29) is 25.7 Å². The molecule has 0 aromatic rings. The topological polar surface area (TPSA) is 237 Å². The van der Waals surface area contributed by atoms with Crippen LogP contribution < -0.4 is 0 Å². The van der Waals surface area contributed by atoms with Gasteiger partial charge in [0.15, 0.2) is 12.2 Å². The standard InChI is InChI=1S/C68H132O17P2/c1-7-9-11-13-14-15-16-17-18-21-24-27-33-39-45-51-66(71)79-57-64(85-67(72)52-46-40-34-28-25-22-19-20-23-26-31-37-42-48-60(3)4)59-83-87(76,77)81-55-62(69)54-80-86(74,75)82-58-63(56-78-65(70)50-44-36-12-10-8-2)84-68(73)53-47-41-35-30-29-32-38-43-49-61(5)6/h60-64,69H,7-59H2,1-6H3,(H,74,75)(H,76,77)/t62-,63+,64+/m0/s1. The molecule has 0 bridgehead atoms. The molecule has 0 fully saturated rings. The first kappa shape index (κ1) is 85.1. The van der Waals surface area contributed by atoms with Crippen molar-refractivity contribution >= 4 is 39.5 Å². The van der Waals surface area contributed by atoms with Crippen molar-refractivity contribution in [2.24, 2.45) is 11.8 Å². The highest BCUT2D eigenvalue weighted by Gasteiger charge is 2.30. The molecular weight excluding hydrogens is 1150 g/mol. The molecule has 2 unspecified atom stereocenters. The lowest BCUT2D eigenvalue weighted by atomic mass is 10.0. The number of phosphoric ester groups is 2. The van der Waals surface area contributed by atoms with E-state index in [0.717, 1.165) is 108 Å². The van der Waals surface area contributed by atoms with E-state index in [1.807, 2.05) is 0 Å². The average Bonchev–Trinajstić information content (AvgIpc) is 3.59. The first-order valence-corrected chi connectivity index (χ1v) is 38.5. The van der Waals surface area contributed by atoms with E-state index in [2.05, 4.69) is 41.5 Å². The van der Waals surface area contributed by atoms with Crippen molar-refractivity contribution in [3.05, 3.63) is 0 Å². The minimum atomic E-state index is -4.95. The summed E-state index contributed by atoms with van der Waals surface area (Å²) < 4.78 is 68.0. The summed E-state index contributed by atoms with van der Waals surface area (Å²) in [4.78, 5) is 72.2. The summed E-state index contributed by atoms with van der Waals surface area (Å²) in [6.07, 6.45) is 44.8. The van der Waals surface area contributed by atoms with Gasteiger partial charge in [-0.1, -0.05) is 292 Å². The van der Waals surface area contributed by atoms with Crippen LogP contribution in [0.1, 0.15) is 343 Å². The highest BCUT2D eigenvalue weighted by Crippen LogP contribution is 2.45. The lowest BCUT2D eigenvalue weighted by molar-refractivity contribution is -0.161. The summed E-state index contributed by atoms with van der Waals surface area (Å²) in [5.74, 6) is -0.633. The number of aliphatic hydroxyl groups excluding tert-OH is 1. The van der Waals surface area contributed by atoms with Gasteiger partial charge in [-0.3, -0.25) is 37.3 Å². The van der Waals surface area contributed by atoms with Crippen molar-refractivity contribution in [1.29, 1.82) is 0 Å². The summed E-state index contributed by atoms with van der Waals surface area (Å²) in [6, 6.07) is 0. The van der Waals surface area contributed by atoms with E-state index >= 15 is 0 Å². The fourth-order valence-electron chi connectivity index (χ4n) is 10.2. The van der Waals surface area contributed by atoms with Crippen LogP contribution in [0.3, 0.4) is 0 Å². The Morgan fingerprint density at radius 1 is 0.310 bits per heavy atom. The van der Waals surface area contributed by atoms with E-state index in [0.29, 0.717) is 25.7 Å². The van der Waals surface area contributed by atoms with Gasteiger partial charge >= 0.3 is 39.5 Å². The van der Waals surface area contributed by atoms with Gasteiger partial charge in [0.2, 0.25) is 0 Å². The number of phosphoric acid groups is 2. The molecule has 0 aliphatic carbocycles. The van der Waals surface area contributed by atoms with Crippen LogP contribution in [-0.4, -0.2) is 96.7 Å². The van der Waals surface area contributed by atoms with Crippen LogP contribution in [0.4, 0.5) is 0 Å². The number of esters is 4.